The van der Waals surface area contributed by atoms with Crippen molar-refractivity contribution in [1.82, 2.24) is 5.32 Å². The number of hydrogen-bond donors (Lipinski definition) is 2. The number of amides is 1. The van der Waals surface area contributed by atoms with Crippen LogP contribution in [0.5, 0.6) is 11.5 Å². The first-order chi connectivity index (χ1) is 13.1. The van der Waals surface area contributed by atoms with E-state index in [-0.39, 0.29) is 31.3 Å². The van der Waals surface area contributed by atoms with Crippen molar-refractivity contribution in [3.05, 3.63) is 58.1 Å². The second-order valence-electron chi connectivity index (χ2n) is 5.65. The summed E-state index contributed by atoms with van der Waals surface area (Å²) in [6.45, 7) is -0.689. The summed E-state index contributed by atoms with van der Waals surface area (Å²) in [5.41, 5.74) is -0.799. The number of benzene rings is 2. The smallest absolute Gasteiger partial charge is 0.416 e. The van der Waals surface area contributed by atoms with Gasteiger partial charge < -0.3 is 19.9 Å². The third-order valence-corrected chi connectivity index (χ3v) is 3.96. The van der Waals surface area contributed by atoms with Crippen LogP contribution in [0, 0.1) is 0 Å². The molecule has 152 valence electrons. The second kappa shape index (κ2) is 9.86. The minimum atomic E-state index is -4.43. The Morgan fingerprint density at radius 3 is 2.43 bits per heavy atom. The molecule has 0 bridgehead atoms. The molecular formula is C18H16Cl2F3NO4. The van der Waals surface area contributed by atoms with Gasteiger partial charge in [-0.2, -0.15) is 13.2 Å². The summed E-state index contributed by atoms with van der Waals surface area (Å²) in [5.74, 6) is -0.0996. The van der Waals surface area contributed by atoms with E-state index in [1.807, 2.05) is 0 Å². The molecule has 0 radical (unpaired) electrons. The molecule has 0 aromatic heterocycles. The number of carbonyl (C=O) groups is 1. The Bertz CT molecular complexity index is 800. The summed E-state index contributed by atoms with van der Waals surface area (Å²) in [5, 5.41) is 12.9. The number of ether oxygens (including phenoxy) is 2. The molecule has 5 nitrogen and oxygen atoms in total. The third-order valence-electron chi connectivity index (χ3n) is 3.41. The minimum Gasteiger partial charge on any atom is -0.491 e. The highest BCUT2D eigenvalue weighted by Crippen LogP contribution is 2.30. The van der Waals surface area contributed by atoms with Gasteiger partial charge in [-0.15, -0.1) is 0 Å². The molecule has 2 rings (SSSR count). The van der Waals surface area contributed by atoms with Gasteiger partial charge in [0, 0.05) is 17.6 Å². The lowest BCUT2D eigenvalue weighted by molar-refractivity contribution is -0.137. The summed E-state index contributed by atoms with van der Waals surface area (Å²) in [6.07, 6.45) is -5.50. The number of carbonyl (C=O) groups excluding carboxylic acids is 1. The number of aliphatic hydroxyl groups is 1. The van der Waals surface area contributed by atoms with Crippen LogP contribution in [0.15, 0.2) is 42.5 Å². The maximum absolute atomic E-state index is 12.5. The zero-order valence-corrected chi connectivity index (χ0v) is 15.8. The van der Waals surface area contributed by atoms with Crippen LogP contribution in [0.1, 0.15) is 5.56 Å². The van der Waals surface area contributed by atoms with E-state index in [2.05, 4.69) is 5.32 Å². The van der Waals surface area contributed by atoms with E-state index in [1.54, 1.807) is 6.07 Å². The molecule has 1 unspecified atom stereocenters. The lowest BCUT2D eigenvalue weighted by atomic mass is 10.2. The van der Waals surface area contributed by atoms with Crippen LogP contribution in [0.2, 0.25) is 10.0 Å². The number of hydrogen-bond acceptors (Lipinski definition) is 4. The van der Waals surface area contributed by atoms with Gasteiger partial charge in [-0.3, -0.25) is 4.79 Å². The normalized spacial score (nSPS) is 12.4. The Morgan fingerprint density at radius 1 is 1.11 bits per heavy atom. The Hall–Kier alpha value is -2.16. The molecule has 2 aromatic carbocycles. The third kappa shape index (κ3) is 7.10. The Morgan fingerprint density at radius 2 is 1.79 bits per heavy atom. The number of nitrogens with one attached hydrogen (secondary N) is 1. The van der Waals surface area contributed by atoms with Crippen LogP contribution in [-0.2, 0) is 11.0 Å². The number of rotatable bonds is 8. The van der Waals surface area contributed by atoms with Crippen LogP contribution in [0.25, 0.3) is 0 Å². The molecular weight excluding hydrogens is 422 g/mol. The van der Waals surface area contributed by atoms with Gasteiger partial charge in [0.05, 0.1) is 10.6 Å². The summed E-state index contributed by atoms with van der Waals surface area (Å²) < 4.78 is 47.9. The van der Waals surface area contributed by atoms with Crippen LogP contribution >= 0.6 is 23.2 Å². The lowest BCUT2D eigenvalue weighted by Gasteiger charge is -2.14. The van der Waals surface area contributed by atoms with Crippen molar-refractivity contribution in [2.45, 2.75) is 12.3 Å². The lowest BCUT2D eigenvalue weighted by Crippen LogP contribution is -2.37. The van der Waals surface area contributed by atoms with Gasteiger partial charge >= 0.3 is 6.18 Å². The Balaban J connectivity index is 1.71. The fourth-order valence-electron chi connectivity index (χ4n) is 2.01. The summed E-state index contributed by atoms with van der Waals surface area (Å²) in [6, 6.07) is 8.62. The van der Waals surface area contributed by atoms with Crippen molar-refractivity contribution in [3.63, 3.8) is 0 Å². The highest BCUT2D eigenvalue weighted by atomic mass is 35.5. The molecule has 0 fully saturated rings. The molecule has 0 aliphatic rings. The van der Waals surface area contributed by atoms with Crippen molar-refractivity contribution in [1.29, 1.82) is 0 Å². The minimum absolute atomic E-state index is 0.133. The highest BCUT2D eigenvalue weighted by Gasteiger charge is 2.30. The maximum atomic E-state index is 12.5. The van der Waals surface area contributed by atoms with Gasteiger partial charge in [0.25, 0.3) is 5.91 Å². The van der Waals surface area contributed by atoms with E-state index in [9.17, 15) is 23.1 Å². The monoisotopic (exact) mass is 437 g/mol. The predicted molar refractivity (Wildman–Crippen MR) is 97.9 cm³/mol. The largest absolute Gasteiger partial charge is 0.491 e. The van der Waals surface area contributed by atoms with Crippen molar-refractivity contribution >= 4 is 29.1 Å². The van der Waals surface area contributed by atoms with E-state index >= 15 is 0 Å². The maximum Gasteiger partial charge on any atom is 0.416 e. The van der Waals surface area contributed by atoms with Crippen LogP contribution < -0.4 is 14.8 Å². The zero-order valence-electron chi connectivity index (χ0n) is 14.3. The zero-order chi connectivity index (χ0) is 20.7. The van der Waals surface area contributed by atoms with Crippen LogP contribution in [0.4, 0.5) is 13.2 Å². The fourth-order valence-corrected chi connectivity index (χ4v) is 2.34. The van der Waals surface area contributed by atoms with Crippen molar-refractivity contribution in [3.8, 4) is 11.5 Å². The average molecular weight is 438 g/mol. The first-order valence-corrected chi connectivity index (χ1v) is 8.73. The second-order valence-corrected chi connectivity index (χ2v) is 6.50. The van der Waals surface area contributed by atoms with Crippen LogP contribution in [-0.4, -0.2) is 36.9 Å². The van der Waals surface area contributed by atoms with Gasteiger partial charge in [0.15, 0.2) is 6.61 Å². The Kier molecular flexibility index (Phi) is 7.79. The standard InChI is InChI=1S/C18H16Cl2F3NO4/c19-12-3-6-15(20)16(7-12)28-10-17(26)24-8-13(25)9-27-14-4-1-11(2-5-14)18(21,22)23/h1-7,13,25H,8-10H2,(H,24,26). The SMILES string of the molecule is O=C(COc1cc(Cl)ccc1Cl)NCC(O)COc1ccc(C(F)(F)F)cc1. The molecule has 2 N–H and O–H groups in total. The molecule has 2 aromatic rings. The van der Waals surface area contributed by atoms with Gasteiger partial charge in [-0.1, -0.05) is 23.2 Å². The molecule has 0 spiro atoms. The summed E-state index contributed by atoms with van der Waals surface area (Å²) in [7, 11) is 0. The van der Waals surface area contributed by atoms with E-state index in [1.165, 1.54) is 12.1 Å². The summed E-state index contributed by atoms with van der Waals surface area (Å²) in [4.78, 5) is 11.8. The van der Waals surface area contributed by atoms with Gasteiger partial charge in [-0.25, -0.2) is 0 Å². The fraction of sp³-hybridized carbons (Fsp3) is 0.278. The van der Waals surface area contributed by atoms with E-state index in [4.69, 9.17) is 32.7 Å². The van der Waals surface area contributed by atoms with E-state index in [0.717, 1.165) is 24.3 Å². The van der Waals surface area contributed by atoms with E-state index < -0.39 is 23.8 Å². The van der Waals surface area contributed by atoms with E-state index in [0.29, 0.717) is 10.0 Å². The van der Waals surface area contributed by atoms with Gasteiger partial charge in [-0.05, 0) is 36.4 Å². The number of aliphatic hydroxyl groups excluding tert-OH is 1. The molecule has 28 heavy (non-hydrogen) atoms. The molecule has 0 aliphatic heterocycles. The van der Waals surface area contributed by atoms with Gasteiger partial charge in [0.1, 0.15) is 24.2 Å². The quantitative estimate of drug-likeness (QED) is 0.655. The average Bonchev–Trinajstić information content (AvgIpc) is 2.65. The van der Waals surface area contributed by atoms with Crippen molar-refractivity contribution in [2.75, 3.05) is 19.8 Å². The predicted octanol–water partition coefficient (Wildman–Crippen LogP) is 3.95. The van der Waals surface area contributed by atoms with Gasteiger partial charge in [0.2, 0.25) is 0 Å². The first-order valence-electron chi connectivity index (χ1n) is 7.98. The molecule has 0 saturated carbocycles. The molecule has 10 heteroatoms. The molecule has 0 saturated heterocycles. The molecule has 0 aliphatic carbocycles. The molecule has 0 heterocycles. The number of halogens is 5. The van der Waals surface area contributed by atoms with Crippen LogP contribution in [0.3, 0.4) is 0 Å². The van der Waals surface area contributed by atoms with Crippen molar-refractivity contribution in [2.24, 2.45) is 0 Å². The number of alkyl halides is 3. The summed E-state index contributed by atoms with van der Waals surface area (Å²) >= 11 is 11.7. The Labute approximate surface area is 169 Å². The van der Waals surface area contributed by atoms with Crippen molar-refractivity contribution < 1.29 is 32.5 Å². The molecule has 1 atom stereocenters. The molecule has 1 amide bonds. The topological polar surface area (TPSA) is 67.8 Å². The highest BCUT2D eigenvalue weighted by molar-refractivity contribution is 6.34. The first kappa shape index (κ1) is 22.1.